The molecule has 7 nitrogen and oxygen atoms in total. The number of nitrogens with zero attached hydrogens (tertiary/aromatic N) is 5. The number of rotatable bonds is 5. The molecule has 134 valence electrons. The van der Waals surface area contributed by atoms with Crippen molar-refractivity contribution < 1.29 is 9.47 Å². The van der Waals surface area contributed by atoms with Gasteiger partial charge in [0, 0.05) is 24.8 Å². The summed E-state index contributed by atoms with van der Waals surface area (Å²) in [5, 5.41) is 4.76. The van der Waals surface area contributed by atoms with Crippen molar-refractivity contribution in [2.45, 2.75) is 25.8 Å². The molecule has 1 unspecified atom stereocenters. The first kappa shape index (κ1) is 16.7. The van der Waals surface area contributed by atoms with Gasteiger partial charge < -0.3 is 9.47 Å². The smallest absolute Gasteiger partial charge is 0.179 e. The van der Waals surface area contributed by atoms with Gasteiger partial charge in [0.05, 0.1) is 31.6 Å². The average Bonchev–Trinajstić information content (AvgIpc) is 3.32. The average molecular weight is 351 g/mol. The predicted molar refractivity (Wildman–Crippen MR) is 96.1 cm³/mol. The fraction of sp³-hybridized carbons (Fsp3) is 0.368. The Morgan fingerprint density at radius 3 is 2.85 bits per heavy atom. The van der Waals surface area contributed by atoms with Crippen LogP contribution in [0, 0.1) is 6.92 Å². The molecule has 0 spiro atoms. The highest BCUT2D eigenvalue weighted by atomic mass is 16.5. The summed E-state index contributed by atoms with van der Waals surface area (Å²) in [6, 6.07) is 8.10. The highest BCUT2D eigenvalue weighted by molar-refractivity contribution is 5.48. The van der Waals surface area contributed by atoms with E-state index in [0.29, 0.717) is 13.0 Å². The lowest BCUT2D eigenvalue weighted by Crippen LogP contribution is -2.12. The van der Waals surface area contributed by atoms with Crippen LogP contribution in [-0.2, 0) is 11.2 Å². The summed E-state index contributed by atoms with van der Waals surface area (Å²) in [5.41, 5.74) is 2.65. The molecular formula is C19H21N5O2. The molecule has 1 aliphatic rings. The highest BCUT2D eigenvalue weighted by Gasteiger charge is 2.24. The van der Waals surface area contributed by atoms with Gasteiger partial charge in [0.1, 0.15) is 11.4 Å². The fourth-order valence-electron chi connectivity index (χ4n) is 3.11. The van der Waals surface area contributed by atoms with Gasteiger partial charge in [-0.25, -0.2) is 14.6 Å². The second kappa shape index (κ2) is 7.21. The van der Waals surface area contributed by atoms with E-state index in [1.54, 1.807) is 19.5 Å². The SMILES string of the molecule is COc1ccccc1Cc1nc(-c2cnc(C)cn2)n(C2CCOC2)n1. The standard InChI is InChI=1S/C19H21N5O2/c1-13-10-21-16(11-20-13)19-22-18(23-24(19)15-7-8-26-12-15)9-14-5-3-4-6-17(14)25-2/h3-6,10-11,15H,7-9,12H2,1-2H3. The Balaban J connectivity index is 1.72. The van der Waals surface area contributed by atoms with Gasteiger partial charge in [-0.15, -0.1) is 0 Å². The fourth-order valence-corrected chi connectivity index (χ4v) is 3.11. The van der Waals surface area contributed by atoms with Crippen LogP contribution < -0.4 is 4.74 Å². The quantitative estimate of drug-likeness (QED) is 0.703. The summed E-state index contributed by atoms with van der Waals surface area (Å²) < 4.78 is 12.9. The van der Waals surface area contributed by atoms with Gasteiger partial charge in [-0.2, -0.15) is 5.10 Å². The number of methoxy groups -OCH3 is 1. The third-order valence-electron chi connectivity index (χ3n) is 4.48. The highest BCUT2D eigenvalue weighted by Crippen LogP contribution is 2.26. The first-order valence-corrected chi connectivity index (χ1v) is 8.68. The van der Waals surface area contributed by atoms with E-state index in [9.17, 15) is 0 Å². The van der Waals surface area contributed by atoms with Crippen molar-refractivity contribution in [3.8, 4) is 17.3 Å². The third kappa shape index (κ3) is 3.30. The normalized spacial score (nSPS) is 16.8. The van der Waals surface area contributed by atoms with Crippen LogP contribution >= 0.6 is 0 Å². The van der Waals surface area contributed by atoms with Gasteiger partial charge >= 0.3 is 0 Å². The zero-order valence-corrected chi connectivity index (χ0v) is 14.9. The van der Waals surface area contributed by atoms with Crippen LogP contribution in [0.15, 0.2) is 36.7 Å². The Kier molecular flexibility index (Phi) is 4.62. The van der Waals surface area contributed by atoms with Crippen molar-refractivity contribution in [1.29, 1.82) is 0 Å². The molecule has 3 heterocycles. The van der Waals surface area contributed by atoms with E-state index in [1.807, 2.05) is 35.9 Å². The first-order chi connectivity index (χ1) is 12.7. The molecule has 4 rings (SSSR count). The van der Waals surface area contributed by atoms with E-state index in [2.05, 4.69) is 9.97 Å². The number of para-hydroxylation sites is 1. The summed E-state index contributed by atoms with van der Waals surface area (Å²) in [5.74, 6) is 2.31. The summed E-state index contributed by atoms with van der Waals surface area (Å²) in [7, 11) is 1.67. The van der Waals surface area contributed by atoms with Crippen molar-refractivity contribution in [1.82, 2.24) is 24.7 Å². The topological polar surface area (TPSA) is 75.0 Å². The summed E-state index contributed by atoms with van der Waals surface area (Å²) in [6.45, 7) is 3.30. The van der Waals surface area contributed by atoms with Gasteiger partial charge in [-0.05, 0) is 19.4 Å². The van der Waals surface area contributed by atoms with Crippen LogP contribution in [0.3, 0.4) is 0 Å². The number of aryl methyl sites for hydroxylation is 1. The van der Waals surface area contributed by atoms with Gasteiger partial charge in [-0.1, -0.05) is 18.2 Å². The summed E-state index contributed by atoms with van der Waals surface area (Å²) in [6.07, 6.45) is 5.01. The first-order valence-electron chi connectivity index (χ1n) is 8.68. The number of benzene rings is 1. The number of hydrogen-bond donors (Lipinski definition) is 0. The molecule has 0 amide bonds. The van der Waals surface area contributed by atoms with Crippen LogP contribution in [-0.4, -0.2) is 45.1 Å². The molecular weight excluding hydrogens is 330 g/mol. The van der Waals surface area contributed by atoms with Crippen molar-refractivity contribution in [3.05, 3.63) is 53.7 Å². The molecule has 1 atom stereocenters. The monoisotopic (exact) mass is 351 g/mol. The van der Waals surface area contributed by atoms with Crippen molar-refractivity contribution in [3.63, 3.8) is 0 Å². The Labute approximate surface area is 152 Å². The molecule has 1 aromatic carbocycles. The Bertz CT molecular complexity index is 885. The Hall–Kier alpha value is -2.80. The van der Waals surface area contributed by atoms with Gasteiger partial charge in [-0.3, -0.25) is 4.98 Å². The summed E-state index contributed by atoms with van der Waals surface area (Å²) >= 11 is 0. The molecule has 0 N–H and O–H groups in total. The molecule has 1 fully saturated rings. The van der Waals surface area contributed by atoms with E-state index in [0.717, 1.165) is 47.4 Å². The van der Waals surface area contributed by atoms with E-state index in [1.165, 1.54) is 0 Å². The van der Waals surface area contributed by atoms with Gasteiger partial charge in [0.15, 0.2) is 11.6 Å². The second-order valence-corrected chi connectivity index (χ2v) is 6.35. The predicted octanol–water partition coefficient (Wildman–Crippen LogP) is 2.60. The number of ether oxygens (including phenoxy) is 2. The van der Waals surface area contributed by atoms with Crippen LogP contribution in [0.25, 0.3) is 11.5 Å². The second-order valence-electron chi connectivity index (χ2n) is 6.35. The largest absolute Gasteiger partial charge is 0.496 e. The third-order valence-corrected chi connectivity index (χ3v) is 4.48. The van der Waals surface area contributed by atoms with Crippen LogP contribution in [0.4, 0.5) is 0 Å². The van der Waals surface area contributed by atoms with Crippen molar-refractivity contribution in [2.75, 3.05) is 20.3 Å². The van der Waals surface area contributed by atoms with E-state index >= 15 is 0 Å². The molecule has 1 saturated heterocycles. The lowest BCUT2D eigenvalue weighted by atomic mass is 10.1. The Morgan fingerprint density at radius 1 is 1.23 bits per heavy atom. The van der Waals surface area contributed by atoms with Crippen molar-refractivity contribution >= 4 is 0 Å². The minimum atomic E-state index is 0.173. The van der Waals surface area contributed by atoms with E-state index in [-0.39, 0.29) is 6.04 Å². The zero-order valence-electron chi connectivity index (χ0n) is 14.9. The molecule has 26 heavy (non-hydrogen) atoms. The Morgan fingerprint density at radius 2 is 2.12 bits per heavy atom. The molecule has 0 bridgehead atoms. The minimum absolute atomic E-state index is 0.173. The molecule has 0 saturated carbocycles. The van der Waals surface area contributed by atoms with E-state index in [4.69, 9.17) is 19.6 Å². The van der Waals surface area contributed by atoms with Crippen molar-refractivity contribution in [2.24, 2.45) is 0 Å². The van der Waals surface area contributed by atoms with Gasteiger partial charge in [0.2, 0.25) is 0 Å². The number of aromatic nitrogens is 5. The molecule has 2 aromatic heterocycles. The van der Waals surface area contributed by atoms with Gasteiger partial charge in [0.25, 0.3) is 0 Å². The zero-order chi connectivity index (χ0) is 17.9. The maximum atomic E-state index is 5.54. The van der Waals surface area contributed by atoms with Crippen LogP contribution in [0.5, 0.6) is 5.75 Å². The van der Waals surface area contributed by atoms with E-state index < -0.39 is 0 Å². The summed E-state index contributed by atoms with van der Waals surface area (Å²) in [4.78, 5) is 13.6. The minimum Gasteiger partial charge on any atom is -0.496 e. The molecule has 0 radical (unpaired) electrons. The molecule has 7 heteroatoms. The van der Waals surface area contributed by atoms with Crippen LogP contribution in [0.1, 0.15) is 29.5 Å². The number of hydrogen-bond acceptors (Lipinski definition) is 6. The maximum absolute atomic E-state index is 5.54. The lowest BCUT2D eigenvalue weighted by molar-refractivity contribution is 0.184. The maximum Gasteiger partial charge on any atom is 0.179 e. The molecule has 0 aliphatic carbocycles. The molecule has 1 aliphatic heterocycles. The lowest BCUT2D eigenvalue weighted by Gasteiger charge is -2.10. The van der Waals surface area contributed by atoms with Crippen LogP contribution in [0.2, 0.25) is 0 Å². The molecule has 3 aromatic rings.